The summed E-state index contributed by atoms with van der Waals surface area (Å²) in [4.78, 5) is 17.2. The van der Waals surface area contributed by atoms with E-state index in [1.54, 1.807) is 19.1 Å². The third kappa shape index (κ3) is 4.43. The molecule has 0 N–H and O–H groups in total. The van der Waals surface area contributed by atoms with E-state index in [0.717, 1.165) is 17.7 Å². The number of esters is 1. The summed E-state index contributed by atoms with van der Waals surface area (Å²) < 4.78 is 4.95. The summed E-state index contributed by atoms with van der Waals surface area (Å²) in [6, 6.07) is 9.85. The first-order valence-corrected chi connectivity index (χ1v) is 9.36. The highest BCUT2D eigenvalue weighted by molar-refractivity contribution is 7.99. The van der Waals surface area contributed by atoms with Gasteiger partial charge in [-0.15, -0.1) is 11.8 Å². The maximum atomic E-state index is 11.6. The molecule has 0 unspecified atom stereocenters. The van der Waals surface area contributed by atoms with E-state index in [4.69, 9.17) is 4.74 Å². The second-order valence-electron chi connectivity index (χ2n) is 6.85. The molecule has 0 fully saturated rings. The summed E-state index contributed by atoms with van der Waals surface area (Å²) in [5, 5.41) is 0. The minimum absolute atomic E-state index is 0.328. The highest BCUT2D eigenvalue weighted by atomic mass is 32.2. The largest absolute Gasteiger partial charge is 0.462 e. The Morgan fingerprint density at radius 2 is 2.12 bits per heavy atom. The van der Waals surface area contributed by atoms with Crippen LogP contribution in [-0.2, 0) is 11.2 Å². The molecule has 0 bridgehead atoms. The normalized spacial score (nSPS) is 14.8. The number of ether oxygens (including phenoxy) is 1. The molecule has 2 heterocycles. The fourth-order valence-corrected chi connectivity index (χ4v) is 3.84. The van der Waals surface area contributed by atoms with E-state index in [1.165, 1.54) is 16.7 Å². The van der Waals surface area contributed by atoms with Crippen LogP contribution in [0.25, 0.3) is 0 Å². The Morgan fingerprint density at radius 1 is 1.28 bits per heavy atom. The van der Waals surface area contributed by atoms with Crippen molar-refractivity contribution < 1.29 is 9.53 Å². The third-order valence-electron chi connectivity index (χ3n) is 3.96. The molecule has 25 heavy (non-hydrogen) atoms. The van der Waals surface area contributed by atoms with E-state index in [9.17, 15) is 4.79 Å². The second-order valence-corrected chi connectivity index (χ2v) is 7.87. The quantitative estimate of drug-likeness (QED) is 0.596. The van der Waals surface area contributed by atoms with Gasteiger partial charge in [0.15, 0.2) is 0 Å². The molecular weight excluding hydrogens is 330 g/mol. The molecule has 0 amide bonds. The van der Waals surface area contributed by atoms with Crippen molar-refractivity contribution in [3.63, 3.8) is 0 Å². The molecule has 128 valence electrons. The van der Waals surface area contributed by atoms with Gasteiger partial charge in [-0.3, -0.25) is 0 Å². The van der Waals surface area contributed by atoms with Crippen molar-refractivity contribution in [2.24, 2.45) is 5.41 Å². The predicted molar refractivity (Wildman–Crippen MR) is 101 cm³/mol. The highest BCUT2D eigenvalue weighted by Gasteiger charge is 2.25. The predicted octanol–water partition coefficient (Wildman–Crippen LogP) is 4.33. The molecule has 3 rings (SSSR count). The van der Waals surface area contributed by atoms with Crippen LogP contribution < -0.4 is 0 Å². The van der Waals surface area contributed by atoms with Crippen LogP contribution in [0.4, 0.5) is 0 Å². The van der Waals surface area contributed by atoms with Gasteiger partial charge in [0, 0.05) is 22.4 Å². The van der Waals surface area contributed by atoms with E-state index < -0.39 is 0 Å². The van der Waals surface area contributed by atoms with Crippen LogP contribution in [0.3, 0.4) is 0 Å². The molecule has 0 atom stereocenters. The number of hydrogen-bond acceptors (Lipinski definition) is 4. The Hall–Kier alpha value is -2.25. The van der Waals surface area contributed by atoms with Crippen LogP contribution in [0.2, 0.25) is 0 Å². The van der Waals surface area contributed by atoms with Gasteiger partial charge in [-0.25, -0.2) is 9.78 Å². The number of hydrogen-bond donors (Lipinski definition) is 0. The summed E-state index contributed by atoms with van der Waals surface area (Å²) in [6.07, 6.45) is 2.59. The lowest BCUT2D eigenvalue weighted by Gasteiger charge is -2.30. The van der Waals surface area contributed by atoms with Gasteiger partial charge in [-0.1, -0.05) is 19.8 Å². The summed E-state index contributed by atoms with van der Waals surface area (Å²) in [5.41, 5.74) is 3.78. The van der Waals surface area contributed by atoms with Gasteiger partial charge in [0.2, 0.25) is 0 Å². The smallest absolute Gasteiger partial charge is 0.339 e. The van der Waals surface area contributed by atoms with Crippen LogP contribution in [0.5, 0.6) is 0 Å². The van der Waals surface area contributed by atoms with Gasteiger partial charge in [0.05, 0.1) is 12.2 Å². The van der Waals surface area contributed by atoms with E-state index >= 15 is 0 Å². The lowest BCUT2D eigenvalue weighted by molar-refractivity contribution is 0.0526. The highest BCUT2D eigenvalue weighted by Crippen LogP contribution is 2.39. The molecule has 4 heteroatoms. The first-order chi connectivity index (χ1) is 12.0. The molecule has 0 saturated heterocycles. The summed E-state index contributed by atoms with van der Waals surface area (Å²) in [7, 11) is 0. The van der Waals surface area contributed by atoms with E-state index in [2.05, 4.69) is 48.9 Å². The molecule has 0 aliphatic carbocycles. The van der Waals surface area contributed by atoms with Crippen molar-refractivity contribution in [3.8, 4) is 11.8 Å². The molecule has 1 aromatic carbocycles. The van der Waals surface area contributed by atoms with Crippen LogP contribution in [0, 0.1) is 17.3 Å². The van der Waals surface area contributed by atoms with Gasteiger partial charge in [0.25, 0.3) is 0 Å². The van der Waals surface area contributed by atoms with Crippen LogP contribution in [0.1, 0.15) is 48.0 Å². The maximum Gasteiger partial charge on any atom is 0.339 e. The number of aromatic nitrogens is 1. The SMILES string of the molecule is CCOC(=O)c1ccc(C#Cc2ccc3c(c2)CC(C)(C)CS3)nc1. The Labute approximate surface area is 153 Å². The molecule has 1 aliphatic rings. The number of carbonyl (C=O) groups is 1. The van der Waals surface area contributed by atoms with Crippen LogP contribution in [0.15, 0.2) is 41.4 Å². The van der Waals surface area contributed by atoms with Crippen LogP contribution in [-0.4, -0.2) is 23.3 Å². The van der Waals surface area contributed by atoms with Crippen LogP contribution >= 0.6 is 11.8 Å². The van der Waals surface area contributed by atoms with E-state index in [-0.39, 0.29) is 5.97 Å². The van der Waals surface area contributed by atoms with Gasteiger partial charge < -0.3 is 4.74 Å². The number of fused-ring (bicyclic) bond motifs is 1. The van der Waals surface area contributed by atoms with Gasteiger partial charge in [0.1, 0.15) is 5.69 Å². The number of benzene rings is 1. The van der Waals surface area contributed by atoms with Crippen molar-refractivity contribution >= 4 is 17.7 Å². The Kier molecular flexibility index (Phi) is 5.15. The zero-order chi connectivity index (χ0) is 17.9. The lowest BCUT2D eigenvalue weighted by Crippen LogP contribution is -2.22. The number of pyridine rings is 1. The fourth-order valence-electron chi connectivity index (χ4n) is 2.72. The molecule has 3 nitrogen and oxygen atoms in total. The average molecular weight is 351 g/mol. The molecular formula is C21H21NO2S. The van der Waals surface area contributed by atoms with Crippen molar-refractivity contribution in [2.75, 3.05) is 12.4 Å². The minimum atomic E-state index is -0.357. The average Bonchev–Trinajstić information content (AvgIpc) is 2.59. The minimum Gasteiger partial charge on any atom is -0.462 e. The molecule has 0 saturated carbocycles. The number of nitrogens with zero attached hydrogens (tertiary/aromatic N) is 1. The summed E-state index contributed by atoms with van der Waals surface area (Å²) >= 11 is 1.92. The lowest BCUT2D eigenvalue weighted by atomic mass is 9.87. The number of carbonyl (C=O) groups excluding carboxylic acids is 1. The van der Waals surface area contributed by atoms with Gasteiger partial charge in [-0.05, 0) is 60.6 Å². The zero-order valence-electron chi connectivity index (χ0n) is 14.8. The Morgan fingerprint density at radius 3 is 2.84 bits per heavy atom. The van der Waals surface area contributed by atoms with Gasteiger partial charge >= 0.3 is 5.97 Å². The van der Waals surface area contributed by atoms with E-state index in [0.29, 0.717) is 23.3 Å². The molecule has 0 radical (unpaired) electrons. The topological polar surface area (TPSA) is 39.2 Å². The molecule has 1 aromatic heterocycles. The van der Waals surface area contributed by atoms with Crippen molar-refractivity contribution in [2.45, 2.75) is 32.1 Å². The first-order valence-electron chi connectivity index (χ1n) is 8.38. The first kappa shape index (κ1) is 17.6. The molecule has 2 aromatic rings. The monoisotopic (exact) mass is 351 g/mol. The number of rotatable bonds is 2. The fraction of sp³-hybridized carbons (Fsp3) is 0.333. The number of thioether (sulfide) groups is 1. The van der Waals surface area contributed by atoms with Crippen molar-refractivity contribution in [3.05, 3.63) is 58.9 Å². The van der Waals surface area contributed by atoms with E-state index in [1.807, 2.05) is 11.8 Å². The molecule has 1 aliphatic heterocycles. The second kappa shape index (κ2) is 7.33. The third-order valence-corrected chi connectivity index (χ3v) is 5.59. The summed E-state index contributed by atoms with van der Waals surface area (Å²) in [5.74, 6) is 7.04. The van der Waals surface area contributed by atoms with Gasteiger partial charge in [-0.2, -0.15) is 0 Å². The Bertz CT molecular complexity index is 844. The maximum absolute atomic E-state index is 11.6. The molecule has 0 spiro atoms. The van der Waals surface area contributed by atoms with Crippen molar-refractivity contribution in [1.82, 2.24) is 4.98 Å². The zero-order valence-corrected chi connectivity index (χ0v) is 15.6. The summed E-state index contributed by atoms with van der Waals surface area (Å²) in [6.45, 7) is 6.74. The Balaban J connectivity index is 1.77. The standard InChI is InChI=1S/C21H21NO2S/c1-4-24-20(23)16-7-9-18(22-13-16)8-5-15-6-10-19-17(11-15)12-21(2,3)14-25-19/h6-7,9-11,13H,4,12,14H2,1-3H3. The van der Waals surface area contributed by atoms with Crippen molar-refractivity contribution in [1.29, 1.82) is 0 Å².